The van der Waals surface area contributed by atoms with Crippen LogP contribution in [0.5, 0.6) is 11.5 Å². The summed E-state index contributed by atoms with van der Waals surface area (Å²) in [5.74, 6) is 1.64. The fraction of sp³-hybridized carbons (Fsp3) is 0.150. The molecule has 9 nitrogen and oxygen atoms in total. The van der Waals surface area contributed by atoms with E-state index in [-0.39, 0.29) is 28.6 Å². The number of Topliss-reactive ketones (excluding diaryl/α,β-unsaturated/α-hetero) is 1. The van der Waals surface area contributed by atoms with Gasteiger partial charge in [0.1, 0.15) is 11.5 Å². The van der Waals surface area contributed by atoms with Gasteiger partial charge in [0, 0.05) is 11.1 Å². The Hall–Kier alpha value is -3.66. The number of nitrogens with one attached hydrogen (secondary N) is 1. The second kappa shape index (κ2) is 8.37. The fourth-order valence-electron chi connectivity index (χ4n) is 2.76. The third kappa shape index (κ3) is 3.90. The summed E-state index contributed by atoms with van der Waals surface area (Å²) in [5.41, 5.74) is 1.02. The molecular weight excluding hydrogens is 406 g/mol. The fourth-order valence-corrected chi connectivity index (χ4v) is 3.53. The van der Waals surface area contributed by atoms with Crippen LogP contribution < -0.4 is 15.0 Å². The van der Waals surface area contributed by atoms with Crippen LogP contribution in [0.15, 0.2) is 58.5 Å². The lowest BCUT2D eigenvalue weighted by atomic mass is 10.1. The van der Waals surface area contributed by atoms with Gasteiger partial charge in [0.25, 0.3) is 11.3 Å². The van der Waals surface area contributed by atoms with Crippen LogP contribution in [-0.2, 0) is 0 Å². The van der Waals surface area contributed by atoms with E-state index in [4.69, 9.17) is 9.47 Å². The number of hydrogen-bond acceptors (Lipinski definition) is 8. The van der Waals surface area contributed by atoms with Gasteiger partial charge < -0.3 is 9.47 Å². The van der Waals surface area contributed by atoms with Gasteiger partial charge in [0.2, 0.25) is 5.16 Å². The molecule has 0 amide bonds. The first-order valence-corrected chi connectivity index (χ1v) is 9.88. The molecule has 30 heavy (non-hydrogen) atoms. The number of ether oxygens (including phenoxy) is 2. The number of methoxy groups -OCH3 is 2. The van der Waals surface area contributed by atoms with Crippen LogP contribution in [0, 0.1) is 0 Å². The summed E-state index contributed by atoms with van der Waals surface area (Å²) in [7, 11) is 3.14. The zero-order chi connectivity index (χ0) is 21.1. The molecule has 0 radical (unpaired) electrons. The van der Waals surface area contributed by atoms with Crippen molar-refractivity contribution in [3.63, 3.8) is 0 Å². The summed E-state index contributed by atoms with van der Waals surface area (Å²) in [5, 5.41) is 12.8. The van der Waals surface area contributed by atoms with Crippen LogP contribution in [0.4, 0.5) is 0 Å². The number of carbonyl (C=O) groups is 1. The predicted octanol–water partition coefficient (Wildman–Crippen LogP) is 2.47. The van der Waals surface area contributed by atoms with Gasteiger partial charge in [-0.2, -0.15) is 9.61 Å². The van der Waals surface area contributed by atoms with Crippen LogP contribution in [0.1, 0.15) is 10.4 Å². The van der Waals surface area contributed by atoms with Gasteiger partial charge in [-0.05, 0) is 48.5 Å². The van der Waals surface area contributed by atoms with Crippen LogP contribution in [0.2, 0.25) is 0 Å². The van der Waals surface area contributed by atoms with Crippen molar-refractivity contribution in [2.45, 2.75) is 5.16 Å². The molecule has 2 heterocycles. The van der Waals surface area contributed by atoms with E-state index in [9.17, 15) is 9.59 Å². The van der Waals surface area contributed by atoms with Gasteiger partial charge in [0.05, 0.1) is 20.0 Å². The summed E-state index contributed by atoms with van der Waals surface area (Å²) in [6, 6.07) is 13.9. The van der Waals surface area contributed by atoms with E-state index >= 15 is 0 Å². The lowest BCUT2D eigenvalue weighted by Crippen LogP contribution is -2.15. The Morgan fingerprint density at radius 3 is 2.27 bits per heavy atom. The Kier molecular flexibility index (Phi) is 5.48. The molecule has 0 atom stereocenters. The van der Waals surface area contributed by atoms with Crippen molar-refractivity contribution in [2.75, 3.05) is 20.0 Å². The molecule has 2 aromatic heterocycles. The Morgan fingerprint density at radius 2 is 1.63 bits per heavy atom. The van der Waals surface area contributed by atoms with E-state index < -0.39 is 0 Å². The lowest BCUT2D eigenvalue weighted by Gasteiger charge is -2.04. The molecule has 2 aromatic carbocycles. The van der Waals surface area contributed by atoms with Crippen molar-refractivity contribution >= 4 is 23.3 Å². The smallest absolute Gasteiger partial charge is 0.279 e. The molecule has 4 aromatic rings. The number of rotatable bonds is 7. The summed E-state index contributed by atoms with van der Waals surface area (Å²) >= 11 is 1.19. The van der Waals surface area contributed by atoms with Crippen LogP contribution in [0.25, 0.3) is 17.0 Å². The van der Waals surface area contributed by atoms with Gasteiger partial charge in [-0.25, -0.2) is 0 Å². The number of benzene rings is 2. The normalized spacial score (nSPS) is 10.9. The third-order valence-corrected chi connectivity index (χ3v) is 5.28. The molecule has 0 saturated carbocycles. The first-order valence-electron chi connectivity index (χ1n) is 8.89. The molecule has 1 N–H and O–H groups in total. The number of fused-ring (bicyclic) bond motifs is 1. The molecule has 0 aliphatic carbocycles. The number of H-pyrrole nitrogens is 1. The maximum Gasteiger partial charge on any atom is 0.279 e. The molecule has 0 aliphatic heterocycles. The average molecular weight is 423 g/mol. The maximum absolute atomic E-state index is 12.5. The summed E-state index contributed by atoms with van der Waals surface area (Å²) in [6.07, 6.45) is 0. The molecular formula is C20H17N5O4S. The number of thioether (sulfide) groups is 1. The van der Waals surface area contributed by atoms with Crippen molar-refractivity contribution < 1.29 is 14.3 Å². The van der Waals surface area contributed by atoms with E-state index in [1.165, 1.54) is 16.3 Å². The van der Waals surface area contributed by atoms with Gasteiger partial charge in [0.15, 0.2) is 11.5 Å². The number of carbonyl (C=O) groups excluding carboxylic acids is 1. The second-order valence-electron chi connectivity index (χ2n) is 6.19. The van der Waals surface area contributed by atoms with E-state index in [1.54, 1.807) is 62.8 Å². The van der Waals surface area contributed by atoms with Crippen molar-refractivity contribution in [1.82, 2.24) is 24.8 Å². The number of aromatic nitrogens is 5. The van der Waals surface area contributed by atoms with Crippen LogP contribution >= 0.6 is 11.8 Å². The third-order valence-electron chi connectivity index (χ3n) is 4.36. The monoisotopic (exact) mass is 423 g/mol. The van der Waals surface area contributed by atoms with Gasteiger partial charge >= 0.3 is 0 Å². The first-order chi connectivity index (χ1) is 14.6. The second-order valence-corrected chi connectivity index (χ2v) is 7.13. The first kappa shape index (κ1) is 19.6. The number of aromatic amines is 1. The molecule has 0 bridgehead atoms. The predicted molar refractivity (Wildman–Crippen MR) is 111 cm³/mol. The zero-order valence-electron chi connectivity index (χ0n) is 16.2. The average Bonchev–Trinajstić information content (AvgIpc) is 3.18. The molecule has 0 unspecified atom stereocenters. The quantitative estimate of drug-likeness (QED) is 0.356. The topological polar surface area (TPSA) is 111 Å². The molecule has 0 aliphatic rings. The molecule has 4 rings (SSSR count). The van der Waals surface area contributed by atoms with Crippen molar-refractivity contribution in [3.05, 3.63) is 64.4 Å². The highest BCUT2D eigenvalue weighted by Gasteiger charge is 2.15. The minimum absolute atomic E-state index is 0.0702. The summed E-state index contributed by atoms with van der Waals surface area (Å²) in [4.78, 5) is 27.5. The minimum Gasteiger partial charge on any atom is -0.497 e. The molecule has 10 heteroatoms. The molecule has 152 valence electrons. The van der Waals surface area contributed by atoms with E-state index in [0.717, 1.165) is 0 Å². The van der Waals surface area contributed by atoms with Crippen molar-refractivity contribution in [1.29, 1.82) is 0 Å². The van der Waals surface area contributed by atoms with Crippen LogP contribution in [-0.4, -0.2) is 50.6 Å². The van der Waals surface area contributed by atoms with Gasteiger partial charge in [-0.15, -0.1) is 10.2 Å². The van der Waals surface area contributed by atoms with Crippen molar-refractivity contribution in [2.24, 2.45) is 0 Å². The highest BCUT2D eigenvalue weighted by Crippen LogP contribution is 2.21. The Morgan fingerprint density at radius 1 is 1.00 bits per heavy atom. The Bertz CT molecular complexity index is 1250. The van der Waals surface area contributed by atoms with Crippen molar-refractivity contribution in [3.8, 4) is 22.8 Å². The molecule has 0 spiro atoms. The van der Waals surface area contributed by atoms with Crippen LogP contribution in [0.3, 0.4) is 0 Å². The van der Waals surface area contributed by atoms with E-state index in [0.29, 0.717) is 27.8 Å². The Balaban J connectivity index is 1.58. The standard InChI is InChI=1S/C20H17N5O4S/c1-28-14-7-3-12(4-8-14)16(26)11-30-20-23-22-19-21-18(27)17(24-25(19)20)13-5-9-15(29-2)10-6-13/h3-10H,11H2,1-2H3,(H,21,22,27). The number of nitrogens with zero attached hydrogens (tertiary/aromatic N) is 4. The molecule has 0 fully saturated rings. The summed E-state index contributed by atoms with van der Waals surface area (Å²) < 4.78 is 11.7. The maximum atomic E-state index is 12.5. The van der Waals surface area contributed by atoms with Gasteiger partial charge in [-0.3, -0.25) is 14.6 Å². The largest absolute Gasteiger partial charge is 0.497 e. The lowest BCUT2D eigenvalue weighted by molar-refractivity contribution is 0.102. The minimum atomic E-state index is -0.383. The zero-order valence-corrected chi connectivity index (χ0v) is 17.0. The number of ketones is 1. The highest BCUT2D eigenvalue weighted by atomic mass is 32.2. The molecule has 0 saturated heterocycles. The Labute approximate surface area is 175 Å². The number of hydrogen-bond donors (Lipinski definition) is 1. The van der Waals surface area contributed by atoms with E-state index in [2.05, 4.69) is 20.3 Å². The van der Waals surface area contributed by atoms with E-state index in [1.807, 2.05) is 0 Å². The summed E-state index contributed by atoms with van der Waals surface area (Å²) in [6.45, 7) is 0. The SMILES string of the molecule is COc1ccc(C(=O)CSc2nnc3[nH]c(=O)c(-c4ccc(OC)cc4)nn23)cc1. The van der Waals surface area contributed by atoms with Gasteiger partial charge in [-0.1, -0.05) is 11.8 Å². The highest BCUT2D eigenvalue weighted by molar-refractivity contribution is 7.99.